The fourth-order valence-corrected chi connectivity index (χ4v) is 2.23. The minimum atomic E-state index is -0.253. The third kappa shape index (κ3) is 5.62. The smallest absolute Gasteiger partial charge is 0.311 e. The van der Waals surface area contributed by atoms with Gasteiger partial charge in [-0.3, -0.25) is 9.59 Å². The topological polar surface area (TPSA) is 46.6 Å². The van der Waals surface area contributed by atoms with Crippen molar-refractivity contribution in [2.45, 2.75) is 53.9 Å². The largest absolute Gasteiger partial charge is 0.466 e. The van der Waals surface area contributed by atoms with Crippen molar-refractivity contribution in [1.29, 1.82) is 0 Å². The van der Waals surface area contributed by atoms with Crippen LogP contribution in [-0.4, -0.2) is 36.5 Å². The van der Waals surface area contributed by atoms with E-state index >= 15 is 0 Å². The van der Waals surface area contributed by atoms with Gasteiger partial charge in [-0.1, -0.05) is 40.5 Å². The van der Waals surface area contributed by atoms with Gasteiger partial charge in [0, 0.05) is 19.5 Å². The van der Waals surface area contributed by atoms with Crippen molar-refractivity contribution >= 4 is 11.9 Å². The van der Waals surface area contributed by atoms with Gasteiger partial charge in [0.15, 0.2) is 0 Å². The summed E-state index contributed by atoms with van der Waals surface area (Å²) in [7, 11) is 0. The first kappa shape index (κ1) is 17.9. The summed E-state index contributed by atoms with van der Waals surface area (Å²) in [5.41, 5.74) is 0. The molecule has 4 nitrogen and oxygen atoms in total. The van der Waals surface area contributed by atoms with Crippen molar-refractivity contribution in [2.75, 3.05) is 19.7 Å². The molecule has 0 aromatic heterocycles. The lowest BCUT2D eigenvalue weighted by molar-refractivity contribution is -0.147. The quantitative estimate of drug-likeness (QED) is 0.698. The Bertz CT molecular complexity index is 275. The van der Waals surface area contributed by atoms with Gasteiger partial charge in [0.05, 0.1) is 12.5 Å². The summed E-state index contributed by atoms with van der Waals surface area (Å²) in [6.07, 6.45) is 2.47. The molecule has 0 bridgehead atoms. The van der Waals surface area contributed by atoms with Gasteiger partial charge in [0.25, 0.3) is 0 Å². The lowest BCUT2D eigenvalue weighted by atomic mass is 10.0. The molecule has 0 saturated carbocycles. The fraction of sp³-hybridized carbons (Fsp3) is 0.867. The number of carbonyl (C=O) groups excluding carboxylic acids is 2. The Balaban J connectivity index is 0.00000154. The number of hydrogen-bond acceptors (Lipinski definition) is 3. The third-order valence-corrected chi connectivity index (χ3v) is 3.47. The number of nitrogens with zero attached hydrogens (tertiary/aromatic N) is 1. The zero-order chi connectivity index (χ0) is 14.8. The number of ether oxygens (including phenoxy) is 1. The lowest BCUT2D eigenvalue weighted by Gasteiger charge is -2.22. The average Bonchev–Trinajstić information content (AvgIpc) is 2.80. The minimum absolute atomic E-state index is 0.0925. The van der Waals surface area contributed by atoms with Gasteiger partial charge >= 0.3 is 5.97 Å². The summed E-state index contributed by atoms with van der Waals surface area (Å²) in [6.45, 7) is 11.8. The van der Waals surface area contributed by atoms with Crippen molar-refractivity contribution in [3.05, 3.63) is 0 Å². The second kappa shape index (κ2) is 9.82. The maximum absolute atomic E-state index is 11.8. The van der Waals surface area contributed by atoms with Crippen LogP contribution in [0.15, 0.2) is 0 Å². The molecule has 1 fully saturated rings. The summed E-state index contributed by atoms with van der Waals surface area (Å²) in [5.74, 6) is 0.152. The van der Waals surface area contributed by atoms with Crippen LogP contribution in [0.5, 0.6) is 0 Å². The van der Waals surface area contributed by atoms with E-state index in [2.05, 4.69) is 13.8 Å². The second-order valence-corrected chi connectivity index (χ2v) is 4.63. The molecule has 0 aromatic rings. The Morgan fingerprint density at radius 3 is 2.37 bits per heavy atom. The first-order chi connectivity index (χ1) is 9.12. The van der Waals surface area contributed by atoms with Gasteiger partial charge in [0.1, 0.15) is 0 Å². The molecule has 1 amide bonds. The fourth-order valence-electron chi connectivity index (χ4n) is 2.23. The van der Waals surface area contributed by atoms with Crippen molar-refractivity contribution in [1.82, 2.24) is 4.90 Å². The van der Waals surface area contributed by atoms with Crippen LogP contribution >= 0.6 is 0 Å². The van der Waals surface area contributed by atoms with Crippen LogP contribution in [-0.2, 0) is 14.3 Å². The molecule has 0 N–H and O–H groups in total. The Morgan fingerprint density at radius 1 is 1.32 bits per heavy atom. The SMILES string of the molecule is CC.CCOC(=O)C1CC(=O)N(CC(CC)CC)C1. The van der Waals surface area contributed by atoms with Gasteiger partial charge in [-0.25, -0.2) is 0 Å². The molecule has 1 atom stereocenters. The summed E-state index contributed by atoms with van der Waals surface area (Å²) >= 11 is 0. The van der Waals surface area contributed by atoms with Crippen molar-refractivity contribution in [3.63, 3.8) is 0 Å². The highest BCUT2D eigenvalue weighted by Crippen LogP contribution is 2.22. The van der Waals surface area contributed by atoms with E-state index in [-0.39, 0.29) is 17.8 Å². The van der Waals surface area contributed by atoms with Crippen LogP contribution in [0.3, 0.4) is 0 Å². The molecule has 1 unspecified atom stereocenters. The Labute approximate surface area is 117 Å². The molecule has 1 rings (SSSR count). The monoisotopic (exact) mass is 271 g/mol. The normalized spacial score (nSPS) is 18.3. The first-order valence-electron chi connectivity index (χ1n) is 7.56. The predicted molar refractivity (Wildman–Crippen MR) is 76.7 cm³/mol. The summed E-state index contributed by atoms with van der Waals surface area (Å²) in [5, 5.41) is 0. The lowest BCUT2D eigenvalue weighted by Crippen LogP contribution is -2.31. The highest BCUT2D eigenvalue weighted by Gasteiger charge is 2.35. The highest BCUT2D eigenvalue weighted by atomic mass is 16.5. The van der Waals surface area contributed by atoms with E-state index in [4.69, 9.17) is 4.74 Å². The van der Waals surface area contributed by atoms with Crippen molar-refractivity contribution < 1.29 is 14.3 Å². The summed E-state index contributed by atoms with van der Waals surface area (Å²) in [6, 6.07) is 0. The van der Waals surface area contributed by atoms with Gasteiger partial charge in [-0.2, -0.15) is 0 Å². The minimum Gasteiger partial charge on any atom is -0.466 e. The van der Waals surface area contributed by atoms with E-state index < -0.39 is 0 Å². The first-order valence-corrected chi connectivity index (χ1v) is 7.56. The Hall–Kier alpha value is -1.06. The number of likely N-dealkylation sites (tertiary alicyclic amines) is 1. The van der Waals surface area contributed by atoms with Crippen molar-refractivity contribution in [2.24, 2.45) is 11.8 Å². The number of amides is 1. The third-order valence-electron chi connectivity index (χ3n) is 3.47. The summed E-state index contributed by atoms with van der Waals surface area (Å²) in [4.78, 5) is 25.2. The number of carbonyl (C=O) groups is 2. The predicted octanol–water partition coefficient (Wildman–Crippen LogP) is 2.86. The molecule has 1 aliphatic heterocycles. The molecule has 0 radical (unpaired) electrons. The molecule has 0 aliphatic carbocycles. The van der Waals surface area contributed by atoms with Crippen LogP contribution in [0.4, 0.5) is 0 Å². The van der Waals surface area contributed by atoms with Gasteiger partial charge in [-0.15, -0.1) is 0 Å². The molecule has 1 aliphatic rings. The maximum Gasteiger partial charge on any atom is 0.311 e. The zero-order valence-electron chi connectivity index (χ0n) is 13.1. The van der Waals surface area contributed by atoms with Crippen LogP contribution < -0.4 is 0 Å². The molecular formula is C15H29NO3. The van der Waals surface area contributed by atoms with Crippen LogP contribution in [0.25, 0.3) is 0 Å². The number of esters is 1. The molecule has 4 heteroatoms. The maximum atomic E-state index is 11.8. The Kier molecular flexibility index (Phi) is 9.27. The molecule has 112 valence electrons. The average molecular weight is 271 g/mol. The highest BCUT2D eigenvalue weighted by molar-refractivity contribution is 5.86. The van der Waals surface area contributed by atoms with Crippen molar-refractivity contribution in [3.8, 4) is 0 Å². The van der Waals surface area contributed by atoms with Gasteiger partial charge < -0.3 is 9.64 Å². The number of hydrogen-bond donors (Lipinski definition) is 0. The molecular weight excluding hydrogens is 242 g/mol. The number of rotatable bonds is 6. The molecule has 0 aromatic carbocycles. The standard InChI is InChI=1S/C13H23NO3.C2H6/c1-4-10(5-2)8-14-9-11(7-12(14)15)13(16)17-6-3;1-2/h10-11H,4-9H2,1-3H3;1-2H3. The van der Waals surface area contributed by atoms with Crippen LogP contribution in [0.1, 0.15) is 53.9 Å². The van der Waals surface area contributed by atoms with E-state index in [9.17, 15) is 9.59 Å². The Morgan fingerprint density at radius 2 is 1.89 bits per heavy atom. The van der Waals surface area contributed by atoms with E-state index in [1.54, 1.807) is 6.92 Å². The van der Waals surface area contributed by atoms with Crippen LogP contribution in [0, 0.1) is 11.8 Å². The van der Waals surface area contributed by atoms with E-state index in [1.165, 1.54) is 0 Å². The van der Waals surface area contributed by atoms with Gasteiger partial charge in [0.2, 0.25) is 5.91 Å². The summed E-state index contributed by atoms with van der Waals surface area (Å²) < 4.78 is 4.96. The van der Waals surface area contributed by atoms with E-state index in [1.807, 2.05) is 18.7 Å². The molecule has 0 spiro atoms. The van der Waals surface area contributed by atoms with E-state index in [0.717, 1.165) is 19.4 Å². The van der Waals surface area contributed by atoms with Gasteiger partial charge in [-0.05, 0) is 12.8 Å². The van der Waals surface area contributed by atoms with Crippen LogP contribution in [0.2, 0.25) is 0 Å². The molecule has 1 heterocycles. The second-order valence-electron chi connectivity index (χ2n) is 4.63. The molecule has 19 heavy (non-hydrogen) atoms. The van der Waals surface area contributed by atoms with E-state index in [0.29, 0.717) is 25.5 Å². The zero-order valence-corrected chi connectivity index (χ0v) is 13.1. The molecule has 1 saturated heterocycles.